The van der Waals surface area contributed by atoms with E-state index in [1.807, 2.05) is 24.3 Å². The summed E-state index contributed by atoms with van der Waals surface area (Å²) in [4.78, 5) is 4.52. The SMILES string of the molecule is COCc1ccccc1-c1nc(C2(N)CCCC2)no1. The Morgan fingerprint density at radius 1 is 1.30 bits per heavy atom. The highest BCUT2D eigenvalue weighted by Crippen LogP contribution is 2.35. The summed E-state index contributed by atoms with van der Waals surface area (Å²) in [6.07, 6.45) is 4.10. The second-order valence-corrected chi connectivity index (χ2v) is 5.38. The van der Waals surface area contributed by atoms with Gasteiger partial charge in [0.2, 0.25) is 0 Å². The van der Waals surface area contributed by atoms with E-state index in [1.165, 1.54) is 0 Å². The Morgan fingerprint density at radius 3 is 2.80 bits per heavy atom. The average Bonchev–Trinajstić information content (AvgIpc) is 3.09. The third-order valence-corrected chi connectivity index (χ3v) is 3.91. The Labute approximate surface area is 118 Å². The van der Waals surface area contributed by atoms with E-state index in [9.17, 15) is 0 Å². The van der Waals surface area contributed by atoms with Crippen molar-refractivity contribution in [3.63, 3.8) is 0 Å². The fraction of sp³-hybridized carbons (Fsp3) is 0.467. The van der Waals surface area contributed by atoms with Crippen LogP contribution in [0.3, 0.4) is 0 Å². The van der Waals surface area contributed by atoms with Gasteiger partial charge >= 0.3 is 0 Å². The molecule has 1 heterocycles. The molecule has 0 atom stereocenters. The van der Waals surface area contributed by atoms with Gasteiger partial charge in [0.25, 0.3) is 5.89 Å². The normalized spacial score (nSPS) is 17.5. The van der Waals surface area contributed by atoms with Gasteiger partial charge in [-0.15, -0.1) is 0 Å². The van der Waals surface area contributed by atoms with E-state index in [0.29, 0.717) is 18.3 Å². The number of rotatable bonds is 4. The van der Waals surface area contributed by atoms with Gasteiger partial charge in [-0.2, -0.15) is 4.98 Å². The zero-order chi connectivity index (χ0) is 14.0. The van der Waals surface area contributed by atoms with Crippen LogP contribution in [-0.4, -0.2) is 17.3 Å². The van der Waals surface area contributed by atoms with Crippen molar-refractivity contribution in [2.75, 3.05) is 7.11 Å². The van der Waals surface area contributed by atoms with Crippen molar-refractivity contribution in [1.29, 1.82) is 0 Å². The molecular formula is C15H19N3O2. The molecular weight excluding hydrogens is 254 g/mol. The third kappa shape index (κ3) is 2.34. The van der Waals surface area contributed by atoms with Crippen LogP contribution in [0.25, 0.3) is 11.5 Å². The number of nitrogens with two attached hydrogens (primary N) is 1. The molecule has 0 saturated heterocycles. The van der Waals surface area contributed by atoms with Gasteiger partial charge in [0.05, 0.1) is 12.1 Å². The first-order valence-corrected chi connectivity index (χ1v) is 6.93. The van der Waals surface area contributed by atoms with Gasteiger partial charge in [-0.25, -0.2) is 0 Å². The van der Waals surface area contributed by atoms with Crippen molar-refractivity contribution in [2.24, 2.45) is 5.73 Å². The van der Waals surface area contributed by atoms with E-state index in [2.05, 4.69) is 10.1 Å². The maximum atomic E-state index is 6.36. The van der Waals surface area contributed by atoms with E-state index >= 15 is 0 Å². The summed E-state index contributed by atoms with van der Waals surface area (Å²) in [5.74, 6) is 1.14. The van der Waals surface area contributed by atoms with Crippen molar-refractivity contribution in [2.45, 2.75) is 37.8 Å². The van der Waals surface area contributed by atoms with Crippen LogP contribution < -0.4 is 5.73 Å². The van der Waals surface area contributed by atoms with E-state index < -0.39 is 5.54 Å². The first kappa shape index (κ1) is 13.3. The van der Waals surface area contributed by atoms with E-state index in [0.717, 1.165) is 36.8 Å². The molecule has 1 saturated carbocycles. The molecule has 3 rings (SSSR count). The molecule has 0 unspecified atom stereocenters. The number of nitrogens with zero attached hydrogens (tertiary/aromatic N) is 2. The smallest absolute Gasteiger partial charge is 0.258 e. The zero-order valence-corrected chi connectivity index (χ0v) is 11.6. The average molecular weight is 273 g/mol. The second-order valence-electron chi connectivity index (χ2n) is 5.38. The molecule has 0 aliphatic heterocycles. The molecule has 0 radical (unpaired) electrons. The largest absolute Gasteiger partial charge is 0.380 e. The van der Waals surface area contributed by atoms with E-state index in [4.69, 9.17) is 15.0 Å². The fourth-order valence-corrected chi connectivity index (χ4v) is 2.77. The minimum atomic E-state index is -0.419. The van der Waals surface area contributed by atoms with E-state index in [-0.39, 0.29) is 0 Å². The number of aromatic nitrogens is 2. The Bertz CT molecular complexity index is 588. The molecule has 106 valence electrons. The van der Waals surface area contributed by atoms with Crippen LogP contribution in [0.2, 0.25) is 0 Å². The number of benzene rings is 1. The molecule has 1 aromatic carbocycles. The molecule has 1 aliphatic rings. The monoisotopic (exact) mass is 273 g/mol. The first-order valence-electron chi connectivity index (χ1n) is 6.93. The first-order chi connectivity index (χ1) is 9.73. The van der Waals surface area contributed by atoms with Crippen molar-refractivity contribution in [3.8, 4) is 11.5 Å². The highest BCUT2D eigenvalue weighted by atomic mass is 16.5. The maximum absolute atomic E-state index is 6.36. The number of hydrogen-bond acceptors (Lipinski definition) is 5. The van der Waals surface area contributed by atoms with Gasteiger partial charge in [0.1, 0.15) is 0 Å². The summed E-state index contributed by atoms with van der Waals surface area (Å²) < 4.78 is 10.6. The van der Waals surface area contributed by atoms with Crippen LogP contribution in [0.5, 0.6) is 0 Å². The Kier molecular flexibility index (Phi) is 3.54. The van der Waals surface area contributed by atoms with Crippen LogP contribution in [-0.2, 0) is 16.9 Å². The molecule has 0 amide bonds. The molecule has 2 aromatic rings. The van der Waals surface area contributed by atoms with Gasteiger partial charge in [-0.1, -0.05) is 36.2 Å². The molecule has 1 fully saturated rings. The highest BCUT2D eigenvalue weighted by Gasteiger charge is 2.36. The van der Waals surface area contributed by atoms with Gasteiger partial charge in [0.15, 0.2) is 5.82 Å². The van der Waals surface area contributed by atoms with Gasteiger partial charge in [-0.3, -0.25) is 0 Å². The molecule has 2 N–H and O–H groups in total. The Morgan fingerprint density at radius 2 is 2.05 bits per heavy atom. The minimum absolute atomic E-state index is 0.419. The van der Waals surface area contributed by atoms with Gasteiger partial charge in [-0.05, 0) is 24.5 Å². The lowest BCUT2D eigenvalue weighted by Gasteiger charge is -2.17. The quantitative estimate of drug-likeness (QED) is 0.926. The summed E-state index contributed by atoms with van der Waals surface area (Å²) >= 11 is 0. The van der Waals surface area contributed by atoms with Crippen molar-refractivity contribution in [1.82, 2.24) is 10.1 Å². The number of ether oxygens (including phenoxy) is 1. The highest BCUT2D eigenvalue weighted by molar-refractivity contribution is 5.58. The second kappa shape index (κ2) is 5.34. The summed E-state index contributed by atoms with van der Waals surface area (Å²) in [6, 6.07) is 7.88. The summed E-state index contributed by atoms with van der Waals surface area (Å²) in [7, 11) is 1.67. The fourth-order valence-electron chi connectivity index (χ4n) is 2.77. The molecule has 5 nitrogen and oxygen atoms in total. The van der Waals surface area contributed by atoms with Gasteiger partial charge < -0.3 is 15.0 Å². The predicted molar refractivity (Wildman–Crippen MR) is 74.8 cm³/mol. The summed E-state index contributed by atoms with van der Waals surface area (Å²) in [5, 5.41) is 4.10. The molecule has 5 heteroatoms. The van der Waals surface area contributed by atoms with E-state index in [1.54, 1.807) is 7.11 Å². The van der Waals surface area contributed by atoms with Crippen LogP contribution in [0, 0.1) is 0 Å². The third-order valence-electron chi connectivity index (χ3n) is 3.91. The topological polar surface area (TPSA) is 74.2 Å². The molecule has 0 bridgehead atoms. The van der Waals surface area contributed by atoms with Crippen LogP contribution in [0.1, 0.15) is 37.1 Å². The maximum Gasteiger partial charge on any atom is 0.258 e. The van der Waals surface area contributed by atoms with Crippen LogP contribution in [0.15, 0.2) is 28.8 Å². The predicted octanol–water partition coefficient (Wildman–Crippen LogP) is 2.61. The number of hydrogen-bond donors (Lipinski definition) is 1. The summed E-state index contributed by atoms with van der Waals surface area (Å²) in [6.45, 7) is 0.516. The van der Waals surface area contributed by atoms with Crippen molar-refractivity contribution < 1.29 is 9.26 Å². The Hall–Kier alpha value is -1.72. The molecule has 1 aliphatic carbocycles. The van der Waals surface area contributed by atoms with Crippen molar-refractivity contribution in [3.05, 3.63) is 35.7 Å². The standard InChI is InChI=1S/C15H19N3O2/c1-19-10-11-6-2-3-7-12(11)13-17-14(18-20-13)15(16)8-4-5-9-15/h2-3,6-7H,4-5,8-10,16H2,1H3. The Balaban J connectivity index is 1.94. The van der Waals surface area contributed by atoms with Crippen molar-refractivity contribution >= 4 is 0 Å². The molecule has 1 aromatic heterocycles. The van der Waals surface area contributed by atoms with Gasteiger partial charge in [0, 0.05) is 12.7 Å². The molecule has 20 heavy (non-hydrogen) atoms. The van der Waals surface area contributed by atoms with Crippen LogP contribution >= 0.6 is 0 Å². The number of methoxy groups -OCH3 is 1. The summed E-state index contributed by atoms with van der Waals surface area (Å²) in [5.41, 5.74) is 7.88. The van der Waals surface area contributed by atoms with Crippen LogP contribution in [0.4, 0.5) is 0 Å². The minimum Gasteiger partial charge on any atom is -0.380 e. The lowest BCUT2D eigenvalue weighted by atomic mass is 9.98. The molecule has 0 spiro atoms. The lowest BCUT2D eigenvalue weighted by molar-refractivity contribution is 0.185. The zero-order valence-electron chi connectivity index (χ0n) is 11.6. The lowest BCUT2D eigenvalue weighted by Crippen LogP contribution is -2.34.